The van der Waals surface area contributed by atoms with Crippen molar-refractivity contribution < 1.29 is 14.3 Å². The van der Waals surface area contributed by atoms with Crippen LogP contribution in [0.15, 0.2) is 0 Å². The van der Waals surface area contributed by atoms with Gasteiger partial charge < -0.3 is 9.64 Å². The van der Waals surface area contributed by atoms with Crippen LogP contribution >= 0.6 is 0 Å². The Morgan fingerprint density at radius 3 is 2.43 bits per heavy atom. The number of hydrogen-bond donors (Lipinski definition) is 0. The van der Waals surface area contributed by atoms with Gasteiger partial charge in [-0.2, -0.15) is 0 Å². The van der Waals surface area contributed by atoms with Crippen molar-refractivity contribution in [2.45, 2.75) is 53.0 Å². The average Bonchev–Trinajstić information content (AvgIpc) is 2.53. The average molecular weight is 324 g/mol. The van der Waals surface area contributed by atoms with Crippen LogP contribution in [0.5, 0.6) is 0 Å². The standard InChI is InChI=1S/C18H32N2O3/c1-5-23-18(22)16-7-6-8-19(12-16)15(4)17(21)20-10-13(2)9-14(3)11-20/h13-16H,5-12H2,1-4H3. The van der Waals surface area contributed by atoms with Crippen molar-refractivity contribution in [1.29, 1.82) is 0 Å². The lowest BCUT2D eigenvalue weighted by molar-refractivity contribution is -0.152. The first-order valence-corrected chi connectivity index (χ1v) is 9.11. The Labute approximate surface area is 140 Å². The molecule has 0 saturated carbocycles. The van der Waals surface area contributed by atoms with E-state index in [1.807, 2.05) is 18.7 Å². The van der Waals surface area contributed by atoms with Gasteiger partial charge in [-0.1, -0.05) is 13.8 Å². The van der Waals surface area contributed by atoms with Gasteiger partial charge in [0.25, 0.3) is 0 Å². The van der Waals surface area contributed by atoms with Crippen molar-refractivity contribution in [2.75, 3.05) is 32.8 Å². The second-order valence-electron chi connectivity index (χ2n) is 7.45. The Morgan fingerprint density at radius 1 is 1.17 bits per heavy atom. The first-order valence-electron chi connectivity index (χ1n) is 9.11. The zero-order valence-electron chi connectivity index (χ0n) is 15.1. The van der Waals surface area contributed by atoms with Crippen molar-refractivity contribution >= 4 is 11.9 Å². The van der Waals surface area contributed by atoms with Crippen molar-refractivity contribution in [3.63, 3.8) is 0 Å². The van der Waals surface area contributed by atoms with E-state index in [-0.39, 0.29) is 23.8 Å². The largest absolute Gasteiger partial charge is 0.466 e. The van der Waals surface area contributed by atoms with Crippen LogP contribution in [0, 0.1) is 17.8 Å². The molecule has 0 aromatic rings. The smallest absolute Gasteiger partial charge is 0.310 e. The molecule has 0 bridgehead atoms. The highest BCUT2D eigenvalue weighted by atomic mass is 16.5. The van der Waals surface area contributed by atoms with Gasteiger partial charge in [0.2, 0.25) is 5.91 Å². The number of hydrogen-bond acceptors (Lipinski definition) is 4. The maximum absolute atomic E-state index is 12.9. The van der Waals surface area contributed by atoms with Gasteiger partial charge in [-0.3, -0.25) is 14.5 Å². The number of carbonyl (C=O) groups excluding carboxylic acids is 2. The molecule has 0 N–H and O–H groups in total. The highest BCUT2D eigenvalue weighted by Gasteiger charge is 2.35. The molecule has 0 aromatic carbocycles. The Hall–Kier alpha value is -1.10. The second kappa shape index (κ2) is 8.13. The fourth-order valence-electron chi connectivity index (χ4n) is 4.07. The topological polar surface area (TPSA) is 49.9 Å². The second-order valence-corrected chi connectivity index (χ2v) is 7.45. The molecule has 0 aromatic heterocycles. The van der Waals surface area contributed by atoms with Gasteiger partial charge in [0.1, 0.15) is 0 Å². The number of piperidine rings is 2. The minimum absolute atomic E-state index is 0.0850. The Balaban J connectivity index is 1.94. The van der Waals surface area contributed by atoms with Gasteiger partial charge in [0, 0.05) is 19.6 Å². The van der Waals surface area contributed by atoms with Crippen LogP contribution in [0.2, 0.25) is 0 Å². The molecule has 5 heteroatoms. The fraction of sp³-hybridized carbons (Fsp3) is 0.889. The molecule has 2 aliphatic heterocycles. The molecule has 1 amide bonds. The third kappa shape index (κ3) is 4.69. The van der Waals surface area contributed by atoms with Crippen molar-refractivity contribution in [1.82, 2.24) is 9.80 Å². The third-order valence-electron chi connectivity index (χ3n) is 5.16. The summed E-state index contributed by atoms with van der Waals surface area (Å²) in [4.78, 5) is 29.0. The molecule has 0 radical (unpaired) electrons. The molecule has 2 heterocycles. The summed E-state index contributed by atoms with van der Waals surface area (Å²) in [7, 11) is 0. The highest BCUT2D eigenvalue weighted by molar-refractivity contribution is 5.82. The number of nitrogens with zero attached hydrogens (tertiary/aromatic N) is 2. The van der Waals surface area contributed by atoms with Crippen LogP contribution < -0.4 is 0 Å². The molecule has 2 saturated heterocycles. The van der Waals surface area contributed by atoms with Gasteiger partial charge in [-0.15, -0.1) is 0 Å². The van der Waals surface area contributed by atoms with Crippen molar-refractivity contribution in [3.8, 4) is 0 Å². The minimum Gasteiger partial charge on any atom is -0.466 e. The maximum Gasteiger partial charge on any atom is 0.310 e. The van der Waals surface area contributed by atoms with E-state index in [2.05, 4.69) is 18.7 Å². The van der Waals surface area contributed by atoms with E-state index in [1.54, 1.807) is 0 Å². The predicted molar refractivity (Wildman–Crippen MR) is 89.9 cm³/mol. The fourth-order valence-corrected chi connectivity index (χ4v) is 4.07. The number of esters is 1. The number of rotatable bonds is 4. The predicted octanol–water partition coefficient (Wildman–Crippen LogP) is 2.15. The van der Waals surface area contributed by atoms with Crippen LogP contribution in [0.1, 0.15) is 47.0 Å². The van der Waals surface area contributed by atoms with E-state index < -0.39 is 0 Å². The molecule has 2 aliphatic rings. The van der Waals surface area contributed by atoms with E-state index in [4.69, 9.17) is 4.74 Å². The first kappa shape index (κ1) is 18.2. The first-order chi connectivity index (χ1) is 10.9. The summed E-state index contributed by atoms with van der Waals surface area (Å²) in [6.07, 6.45) is 3.02. The lowest BCUT2D eigenvalue weighted by Crippen LogP contribution is -2.54. The van der Waals surface area contributed by atoms with Gasteiger partial charge in [-0.05, 0) is 51.5 Å². The summed E-state index contributed by atoms with van der Waals surface area (Å²) in [5, 5.41) is 0. The molecule has 2 fully saturated rings. The number of amides is 1. The van der Waals surface area contributed by atoms with Gasteiger partial charge in [0.05, 0.1) is 18.6 Å². The summed E-state index contributed by atoms with van der Waals surface area (Å²) in [6.45, 7) is 11.9. The molecule has 0 spiro atoms. The normalized spacial score (nSPS) is 30.8. The molecular weight excluding hydrogens is 292 g/mol. The summed E-state index contributed by atoms with van der Waals surface area (Å²) < 4.78 is 5.15. The third-order valence-corrected chi connectivity index (χ3v) is 5.16. The number of ether oxygens (including phenoxy) is 1. The number of carbonyl (C=O) groups is 2. The summed E-state index contributed by atoms with van der Waals surface area (Å²) in [5.41, 5.74) is 0. The summed E-state index contributed by atoms with van der Waals surface area (Å²) >= 11 is 0. The monoisotopic (exact) mass is 324 g/mol. The van der Waals surface area contributed by atoms with Crippen LogP contribution in [-0.4, -0.2) is 60.5 Å². The van der Waals surface area contributed by atoms with E-state index in [0.717, 1.165) is 32.5 Å². The molecule has 4 atom stereocenters. The molecule has 0 aliphatic carbocycles. The van der Waals surface area contributed by atoms with E-state index in [0.29, 0.717) is 25.0 Å². The van der Waals surface area contributed by atoms with E-state index in [9.17, 15) is 9.59 Å². The zero-order chi connectivity index (χ0) is 17.0. The molecular formula is C18H32N2O3. The minimum atomic E-state index is -0.148. The maximum atomic E-state index is 12.9. The quantitative estimate of drug-likeness (QED) is 0.744. The van der Waals surface area contributed by atoms with Crippen molar-refractivity contribution in [3.05, 3.63) is 0 Å². The molecule has 2 rings (SSSR count). The number of likely N-dealkylation sites (tertiary alicyclic amines) is 2. The highest BCUT2D eigenvalue weighted by Crippen LogP contribution is 2.24. The summed E-state index contributed by atoms with van der Waals surface area (Å²) in [6, 6.07) is -0.148. The van der Waals surface area contributed by atoms with E-state index in [1.165, 1.54) is 6.42 Å². The Kier molecular flexibility index (Phi) is 6.45. The van der Waals surface area contributed by atoms with Gasteiger partial charge in [0.15, 0.2) is 0 Å². The lowest BCUT2D eigenvalue weighted by atomic mass is 9.91. The molecule has 132 valence electrons. The van der Waals surface area contributed by atoms with Crippen LogP contribution in [0.3, 0.4) is 0 Å². The Morgan fingerprint density at radius 2 is 1.83 bits per heavy atom. The SMILES string of the molecule is CCOC(=O)C1CCCN(C(C)C(=O)N2CC(C)CC(C)C2)C1. The van der Waals surface area contributed by atoms with Gasteiger partial charge in [-0.25, -0.2) is 0 Å². The van der Waals surface area contributed by atoms with Crippen molar-refractivity contribution in [2.24, 2.45) is 17.8 Å². The summed E-state index contributed by atoms with van der Waals surface area (Å²) in [5.74, 6) is 1.16. The van der Waals surface area contributed by atoms with Crippen LogP contribution in [-0.2, 0) is 14.3 Å². The molecule has 4 unspecified atom stereocenters. The van der Waals surface area contributed by atoms with Crippen LogP contribution in [0.25, 0.3) is 0 Å². The van der Waals surface area contributed by atoms with Crippen LogP contribution in [0.4, 0.5) is 0 Å². The Bertz CT molecular complexity index is 416. The van der Waals surface area contributed by atoms with E-state index >= 15 is 0 Å². The molecule has 5 nitrogen and oxygen atoms in total. The molecule has 23 heavy (non-hydrogen) atoms. The zero-order valence-corrected chi connectivity index (χ0v) is 15.1. The lowest BCUT2D eigenvalue weighted by Gasteiger charge is -2.40. The van der Waals surface area contributed by atoms with Gasteiger partial charge >= 0.3 is 5.97 Å².